The molecular weight excluding hydrogens is 541 g/mol. The highest BCUT2D eigenvalue weighted by Gasteiger charge is 2.52. The highest BCUT2D eigenvalue weighted by atomic mass is 32.2. The minimum absolute atomic E-state index is 0.0219. The van der Waals surface area contributed by atoms with Gasteiger partial charge in [0, 0.05) is 19.0 Å². The third kappa shape index (κ3) is 5.58. The van der Waals surface area contributed by atoms with Crippen LogP contribution < -0.4 is 4.74 Å². The van der Waals surface area contributed by atoms with Gasteiger partial charge in [0.1, 0.15) is 32.8 Å². The highest BCUT2D eigenvalue weighted by molar-refractivity contribution is 7.92. The first kappa shape index (κ1) is 27.3. The second kappa shape index (κ2) is 10.7. The molecule has 2 heterocycles. The number of hydrogen-bond donors (Lipinski definition) is 0. The van der Waals surface area contributed by atoms with Crippen molar-refractivity contribution in [1.82, 2.24) is 4.90 Å². The van der Waals surface area contributed by atoms with Gasteiger partial charge in [-0.2, -0.15) is 0 Å². The Hall–Kier alpha value is -3.24. The first-order chi connectivity index (χ1) is 18.6. The first-order valence-corrected chi connectivity index (χ1v) is 16.2. The minimum Gasteiger partial charge on any atom is -0.489 e. The lowest BCUT2D eigenvalue weighted by Crippen LogP contribution is -2.43. The summed E-state index contributed by atoms with van der Waals surface area (Å²) in [4.78, 5) is 14.9. The highest BCUT2D eigenvalue weighted by Crippen LogP contribution is 2.44. The summed E-state index contributed by atoms with van der Waals surface area (Å²) in [7, 11) is -7.19. The van der Waals surface area contributed by atoms with E-state index in [1.54, 1.807) is 29.2 Å². The molecule has 0 aromatic heterocycles. The monoisotopic (exact) mass is 571 g/mol. The summed E-state index contributed by atoms with van der Waals surface area (Å²) in [5, 5.41) is 0. The van der Waals surface area contributed by atoms with Crippen LogP contribution in [-0.2, 0) is 35.8 Å². The van der Waals surface area contributed by atoms with Crippen molar-refractivity contribution in [2.75, 3.05) is 24.6 Å². The van der Waals surface area contributed by atoms with Gasteiger partial charge in [-0.3, -0.25) is 4.79 Å². The molecule has 3 aromatic rings. The number of carbonyl (C=O) groups is 1. The van der Waals surface area contributed by atoms with Gasteiger partial charge in [-0.15, -0.1) is 0 Å². The van der Waals surface area contributed by atoms with E-state index in [4.69, 9.17) is 4.74 Å². The van der Waals surface area contributed by atoms with Gasteiger partial charge in [0.05, 0.1) is 16.4 Å². The number of hydrogen-bond acceptors (Lipinski definition) is 6. The topological polar surface area (TPSA) is 97.8 Å². The van der Waals surface area contributed by atoms with Crippen LogP contribution in [0.15, 0.2) is 83.8 Å². The van der Waals surface area contributed by atoms with Crippen LogP contribution in [0.25, 0.3) is 0 Å². The minimum atomic E-state index is -4.05. The van der Waals surface area contributed by atoms with Gasteiger partial charge in [0.15, 0.2) is 9.84 Å². The molecule has 2 aliphatic rings. The van der Waals surface area contributed by atoms with Crippen LogP contribution in [0.3, 0.4) is 0 Å². The Balaban J connectivity index is 1.43. The fourth-order valence-electron chi connectivity index (χ4n) is 5.41. The summed E-state index contributed by atoms with van der Waals surface area (Å²) in [5.41, 5.74) is 1.51. The van der Waals surface area contributed by atoms with Crippen LogP contribution in [0, 0.1) is 11.7 Å². The van der Waals surface area contributed by atoms with Crippen molar-refractivity contribution in [3.63, 3.8) is 0 Å². The van der Waals surface area contributed by atoms with Crippen LogP contribution in [0.2, 0.25) is 0 Å². The third-order valence-corrected chi connectivity index (χ3v) is 11.9. The van der Waals surface area contributed by atoms with Gasteiger partial charge >= 0.3 is 0 Å². The maximum absolute atomic E-state index is 14.1. The fraction of sp³-hybridized carbons (Fsp3) is 0.345. The molecule has 2 aliphatic heterocycles. The number of carbonyl (C=O) groups excluding carboxylic acids is 1. The second-order valence-corrected chi connectivity index (χ2v) is 14.7. The number of nitrogens with zero attached hydrogens (tertiary/aromatic N) is 1. The molecule has 39 heavy (non-hydrogen) atoms. The Morgan fingerprint density at radius 2 is 1.59 bits per heavy atom. The number of benzene rings is 3. The third-order valence-electron chi connectivity index (χ3n) is 7.71. The molecule has 7 nitrogen and oxygen atoms in total. The van der Waals surface area contributed by atoms with Crippen molar-refractivity contribution in [2.45, 2.75) is 35.5 Å². The van der Waals surface area contributed by atoms with Crippen LogP contribution in [0.4, 0.5) is 4.39 Å². The average molecular weight is 572 g/mol. The first-order valence-electron chi connectivity index (χ1n) is 12.9. The molecule has 5 rings (SSSR count). The molecule has 2 saturated heterocycles. The number of amides is 1. The number of sulfone groups is 2. The lowest BCUT2D eigenvalue weighted by Gasteiger charge is -2.31. The van der Waals surface area contributed by atoms with E-state index in [-0.39, 0.29) is 54.7 Å². The average Bonchev–Trinajstić information content (AvgIpc) is 3.40. The van der Waals surface area contributed by atoms with Crippen molar-refractivity contribution in [1.29, 1.82) is 0 Å². The lowest BCUT2D eigenvalue weighted by molar-refractivity contribution is -0.134. The van der Waals surface area contributed by atoms with Gasteiger partial charge in [-0.1, -0.05) is 42.5 Å². The largest absolute Gasteiger partial charge is 0.489 e. The Bertz CT molecular complexity index is 1530. The summed E-state index contributed by atoms with van der Waals surface area (Å²) in [6.07, 6.45) is 0.638. The maximum Gasteiger partial charge on any atom is 0.225 e. The summed E-state index contributed by atoms with van der Waals surface area (Å²) >= 11 is 0. The molecule has 2 fully saturated rings. The zero-order valence-corrected chi connectivity index (χ0v) is 23.0. The van der Waals surface area contributed by atoms with E-state index in [2.05, 4.69) is 0 Å². The predicted octanol–water partition coefficient (Wildman–Crippen LogP) is 4.13. The smallest absolute Gasteiger partial charge is 0.225 e. The SMILES string of the molecule is O=C(C1CCS(=O)(=O)CC1)N1CC[C@](c2ccc(OCc3ccccc3)cc2)(S(=O)(=O)c2ccc(F)cc2)C1. The number of ether oxygens (including phenoxy) is 1. The van der Waals surface area contributed by atoms with E-state index in [9.17, 15) is 26.0 Å². The van der Waals surface area contributed by atoms with Gasteiger partial charge in [0.25, 0.3) is 0 Å². The molecule has 10 heteroatoms. The van der Waals surface area contributed by atoms with Gasteiger partial charge < -0.3 is 9.64 Å². The fourth-order valence-corrected chi connectivity index (χ4v) is 8.98. The summed E-state index contributed by atoms with van der Waals surface area (Å²) in [6.45, 7) is 0.506. The Kier molecular flexibility index (Phi) is 7.52. The molecule has 1 atom stereocenters. The van der Waals surface area contributed by atoms with E-state index in [0.29, 0.717) is 17.9 Å². The molecule has 0 spiro atoms. The quantitative estimate of drug-likeness (QED) is 0.396. The Morgan fingerprint density at radius 1 is 0.949 bits per heavy atom. The van der Waals surface area contributed by atoms with Crippen LogP contribution in [0.1, 0.15) is 30.4 Å². The van der Waals surface area contributed by atoms with Crippen LogP contribution >= 0.6 is 0 Å². The van der Waals surface area contributed by atoms with Crippen molar-refractivity contribution in [3.05, 3.63) is 95.8 Å². The lowest BCUT2D eigenvalue weighted by atomic mass is 9.97. The molecular formula is C29H30FNO6S2. The normalized spacial score (nSPS) is 21.5. The van der Waals surface area contributed by atoms with E-state index in [0.717, 1.165) is 17.7 Å². The second-order valence-electron chi connectivity index (χ2n) is 10.2. The molecule has 0 N–H and O–H groups in total. The van der Waals surface area contributed by atoms with E-state index in [1.807, 2.05) is 30.3 Å². The van der Waals surface area contributed by atoms with E-state index >= 15 is 0 Å². The van der Waals surface area contributed by atoms with Crippen molar-refractivity contribution >= 4 is 25.6 Å². The molecule has 1 amide bonds. The zero-order valence-electron chi connectivity index (χ0n) is 21.3. The van der Waals surface area contributed by atoms with Crippen molar-refractivity contribution in [3.8, 4) is 5.75 Å². The van der Waals surface area contributed by atoms with Crippen LogP contribution in [0.5, 0.6) is 5.75 Å². The number of likely N-dealkylation sites (tertiary alicyclic amines) is 1. The predicted molar refractivity (Wildman–Crippen MR) is 145 cm³/mol. The van der Waals surface area contributed by atoms with Crippen LogP contribution in [-0.4, -0.2) is 52.2 Å². The van der Waals surface area contributed by atoms with E-state index < -0.39 is 36.2 Å². The zero-order chi connectivity index (χ0) is 27.7. The van der Waals surface area contributed by atoms with Gasteiger partial charge in [0.2, 0.25) is 5.91 Å². The van der Waals surface area contributed by atoms with Gasteiger partial charge in [-0.05, 0) is 66.8 Å². The van der Waals surface area contributed by atoms with Gasteiger partial charge in [-0.25, -0.2) is 21.2 Å². The molecule has 206 valence electrons. The number of halogens is 1. The standard InChI is InChI=1S/C29H30FNO6S2/c30-25-8-12-27(13-9-25)39(35,36)29(16-17-31(21-29)28(32)23-14-18-38(33,34)19-15-23)24-6-10-26(11-7-24)37-20-22-4-2-1-3-5-22/h1-13,23H,14-21H2/t29-/m0/s1. The molecule has 3 aromatic carbocycles. The maximum atomic E-state index is 14.1. The molecule has 0 radical (unpaired) electrons. The Labute approximate surface area is 228 Å². The molecule has 0 saturated carbocycles. The van der Waals surface area contributed by atoms with Crippen molar-refractivity contribution < 1.29 is 30.8 Å². The van der Waals surface area contributed by atoms with Crippen molar-refractivity contribution in [2.24, 2.45) is 5.92 Å². The summed E-state index contributed by atoms with van der Waals surface area (Å²) < 4.78 is 70.0. The summed E-state index contributed by atoms with van der Waals surface area (Å²) in [5.74, 6) is -0.721. The molecule has 0 aliphatic carbocycles. The molecule has 0 bridgehead atoms. The van der Waals surface area contributed by atoms with E-state index in [1.165, 1.54) is 12.1 Å². The number of rotatable bonds is 7. The Morgan fingerprint density at radius 3 is 2.23 bits per heavy atom. The summed E-state index contributed by atoms with van der Waals surface area (Å²) in [6, 6.07) is 21.2. The molecule has 0 unspecified atom stereocenters.